The van der Waals surface area contributed by atoms with E-state index in [0.29, 0.717) is 0 Å². The number of hydrogen-bond acceptors (Lipinski definition) is 1. The van der Waals surface area contributed by atoms with Crippen molar-refractivity contribution in [2.75, 3.05) is 4.90 Å². The molecular formula is C70H76BN. The third-order valence-corrected chi connectivity index (χ3v) is 16.0. The molecule has 0 saturated carbocycles. The molecule has 0 amide bonds. The Balaban J connectivity index is 1.39. The van der Waals surface area contributed by atoms with Crippen LogP contribution < -0.4 is 21.3 Å². The van der Waals surface area contributed by atoms with Crippen molar-refractivity contribution in [3.05, 3.63) is 273 Å². The molecule has 0 aliphatic heterocycles. The van der Waals surface area contributed by atoms with Crippen molar-refractivity contribution in [1.29, 1.82) is 0 Å². The van der Waals surface area contributed by atoms with Gasteiger partial charge in [0.05, 0.1) is 0 Å². The molecule has 1 nitrogen and oxygen atoms in total. The minimum absolute atomic E-state index is 0.0711. The second kappa shape index (κ2) is 21.4. The molecule has 0 spiro atoms. The minimum atomic E-state index is -0.245. The Labute approximate surface area is 434 Å². The zero-order valence-electron chi connectivity index (χ0n) is 45.5. The molecule has 0 atom stereocenters. The average molecular weight is 942 g/mol. The van der Waals surface area contributed by atoms with Crippen LogP contribution >= 0.6 is 0 Å². The highest BCUT2D eigenvalue weighted by Crippen LogP contribution is 2.40. The van der Waals surface area contributed by atoms with Crippen LogP contribution in [0.5, 0.6) is 0 Å². The summed E-state index contributed by atoms with van der Waals surface area (Å²) in [5, 5.41) is 0. The number of anilines is 3. The first kappa shape index (κ1) is 51.5. The Morgan fingerprint density at radius 3 is 1.47 bits per heavy atom. The van der Waals surface area contributed by atoms with E-state index >= 15 is 0 Å². The van der Waals surface area contributed by atoms with Gasteiger partial charge in [0.1, 0.15) is 0 Å². The summed E-state index contributed by atoms with van der Waals surface area (Å²) < 4.78 is 0. The molecule has 0 unspecified atom stereocenters. The Kier molecular flexibility index (Phi) is 15.3. The molecule has 0 heterocycles. The van der Waals surface area contributed by atoms with Gasteiger partial charge in [0.2, 0.25) is 6.71 Å². The molecular weight excluding hydrogens is 866 g/mol. The molecule has 72 heavy (non-hydrogen) atoms. The van der Waals surface area contributed by atoms with Crippen LogP contribution in [0, 0.1) is 34.6 Å². The zero-order valence-corrected chi connectivity index (χ0v) is 45.5. The maximum absolute atomic E-state index is 2.59. The molecule has 8 aromatic carbocycles. The summed E-state index contributed by atoms with van der Waals surface area (Å²) in [5.74, 6) is 0. The summed E-state index contributed by atoms with van der Waals surface area (Å²) in [6.07, 6.45) is 8.74. The number of hydrogen-bond donors (Lipinski definition) is 0. The molecule has 0 saturated heterocycles. The van der Waals surface area contributed by atoms with Crippen LogP contribution in [-0.2, 0) is 22.7 Å². The lowest BCUT2D eigenvalue weighted by atomic mass is 9.33. The maximum Gasteiger partial charge on any atom is 0.242 e. The van der Waals surface area contributed by atoms with Gasteiger partial charge in [-0.1, -0.05) is 257 Å². The van der Waals surface area contributed by atoms with Crippen molar-refractivity contribution < 1.29 is 0 Å². The van der Waals surface area contributed by atoms with E-state index in [4.69, 9.17) is 0 Å². The molecule has 364 valence electrons. The lowest BCUT2D eigenvalue weighted by molar-refractivity contribution is 0.638. The van der Waals surface area contributed by atoms with E-state index in [0.717, 1.165) is 12.8 Å². The van der Waals surface area contributed by atoms with Gasteiger partial charge in [-0.3, -0.25) is 0 Å². The van der Waals surface area contributed by atoms with Gasteiger partial charge < -0.3 is 4.90 Å². The van der Waals surface area contributed by atoms with Crippen LogP contribution in [0.1, 0.15) is 129 Å². The van der Waals surface area contributed by atoms with E-state index in [-0.39, 0.29) is 23.0 Å². The van der Waals surface area contributed by atoms with Crippen molar-refractivity contribution in [3.63, 3.8) is 0 Å². The molecule has 0 aliphatic carbocycles. The Morgan fingerprint density at radius 2 is 0.944 bits per heavy atom. The van der Waals surface area contributed by atoms with Crippen molar-refractivity contribution in [2.24, 2.45) is 0 Å². The summed E-state index contributed by atoms with van der Waals surface area (Å²) in [5.41, 5.74) is 23.9. The second-order valence-electron chi connectivity index (χ2n) is 21.9. The Hall–Kier alpha value is -6.90. The van der Waals surface area contributed by atoms with Crippen LogP contribution in [-0.4, -0.2) is 6.71 Å². The molecule has 0 aromatic heterocycles. The number of benzene rings is 8. The molecule has 0 radical (unpaired) electrons. The van der Waals surface area contributed by atoms with Crippen molar-refractivity contribution >= 4 is 40.2 Å². The summed E-state index contributed by atoms with van der Waals surface area (Å²) >= 11 is 0. The van der Waals surface area contributed by atoms with E-state index in [1.807, 2.05) is 0 Å². The highest BCUT2D eigenvalue weighted by Gasteiger charge is 2.34. The molecule has 2 heteroatoms. The topological polar surface area (TPSA) is 3.24 Å². The van der Waals surface area contributed by atoms with Crippen LogP contribution in [0.2, 0.25) is 0 Å². The highest BCUT2D eigenvalue weighted by atomic mass is 15.1. The number of para-hydroxylation sites is 2. The lowest BCUT2D eigenvalue weighted by Gasteiger charge is -2.33. The van der Waals surface area contributed by atoms with Crippen molar-refractivity contribution in [2.45, 2.75) is 119 Å². The van der Waals surface area contributed by atoms with E-state index < -0.39 is 0 Å². The third-order valence-electron chi connectivity index (χ3n) is 16.0. The molecule has 0 aliphatic rings. The first-order valence-corrected chi connectivity index (χ1v) is 26.3. The van der Waals surface area contributed by atoms with Gasteiger partial charge in [0, 0.05) is 33.3 Å². The molecule has 8 aromatic rings. The Morgan fingerprint density at radius 1 is 0.472 bits per heavy atom. The largest absolute Gasteiger partial charge is 0.310 e. The van der Waals surface area contributed by atoms with E-state index in [1.165, 1.54) is 106 Å². The summed E-state index contributed by atoms with van der Waals surface area (Å²) in [7, 11) is 0. The fraction of sp³-hybridized carbons (Fsp3) is 0.257. The van der Waals surface area contributed by atoms with Crippen LogP contribution in [0.15, 0.2) is 206 Å². The van der Waals surface area contributed by atoms with Gasteiger partial charge in [-0.25, -0.2) is 0 Å². The van der Waals surface area contributed by atoms with Gasteiger partial charge in [0.25, 0.3) is 0 Å². The second-order valence-corrected chi connectivity index (χ2v) is 21.9. The average Bonchev–Trinajstić information content (AvgIpc) is 3.37. The number of nitrogens with zero attached hydrogens (tertiary/aromatic N) is 1. The van der Waals surface area contributed by atoms with Crippen LogP contribution in [0.4, 0.5) is 17.1 Å². The van der Waals surface area contributed by atoms with Gasteiger partial charge in [-0.2, -0.15) is 0 Å². The number of aryl methyl sites for hydroxylation is 5. The molecule has 0 fully saturated rings. The lowest BCUT2D eigenvalue weighted by Crippen LogP contribution is -2.56. The minimum Gasteiger partial charge on any atom is -0.310 e. The highest BCUT2D eigenvalue weighted by molar-refractivity contribution is 6.96. The van der Waals surface area contributed by atoms with E-state index in [2.05, 4.69) is 295 Å². The Bertz CT molecular complexity index is 3150. The molecule has 8 rings (SSSR count). The molecule has 0 bridgehead atoms. The monoisotopic (exact) mass is 942 g/mol. The molecule has 0 N–H and O–H groups in total. The zero-order chi connectivity index (χ0) is 51.4. The predicted octanol–water partition coefficient (Wildman–Crippen LogP) is 16.6. The van der Waals surface area contributed by atoms with Crippen LogP contribution in [0.25, 0.3) is 0 Å². The number of allylic oxidation sites excluding steroid dienone is 4. The summed E-state index contributed by atoms with van der Waals surface area (Å²) in [4.78, 5) is 2.47. The number of rotatable bonds is 16. The smallest absolute Gasteiger partial charge is 0.242 e. The predicted molar refractivity (Wildman–Crippen MR) is 315 cm³/mol. The van der Waals surface area contributed by atoms with E-state index in [1.54, 1.807) is 0 Å². The third kappa shape index (κ3) is 10.4. The van der Waals surface area contributed by atoms with Crippen molar-refractivity contribution in [3.8, 4) is 0 Å². The quantitative estimate of drug-likeness (QED) is 0.0689. The first-order valence-electron chi connectivity index (χ1n) is 26.3. The van der Waals surface area contributed by atoms with Crippen LogP contribution in [0.3, 0.4) is 0 Å². The normalized spacial score (nSPS) is 12.4. The van der Waals surface area contributed by atoms with Gasteiger partial charge in [-0.15, -0.1) is 0 Å². The van der Waals surface area contributed by atoms with Crippen molar-refractivity contribution in [1.82, 2.24) is 0 Å². The fourth-order valence-corrected chi connectivity index (χ4v) is 11.2. The van der Waals surface area contributed by atoms with E-state index in [9.17, 15) is 0 Å². The first-order chi connectivity index (χ1) is 34.5. The maximum atomic E-state index is 2.59. The summed E-state index contributed by atoms with van der Waals surface area (Å²) in [6.45, 7) is 30.0. The van der Waals surface area contributed by atoms with Gasteiger partial charge >= 0.3 is 0 Å². The fourth-order valence-electron chi connectivity index (χ4n) is 11.2. The standard InChI is InChI=1S/C70H76BN/c1-14-16-29-56(15-2)68(8,9)61-43-39-55(46-54-37-41-59(42-38-54)69(10,11)57-30-19-17-20-31-57)64(48-61)71(63-47-60(40-36-49(63)3)70(12,13)58-32-21-18-22-33-58)67-52(6)44-62(45-53(67)7)72(65-34-25-23-27-50(65)4)66-35-26-24-28-51(66)5/h15-45,47-48H,14,46H2,1-13H3/b29-16-,56-15+. The SMILES string of the molecule is C/C=C(\C=C/CC)C(C)(C)c1ccc(Cc2ccc(C(C)(C)c3ccccc3)cc2)c(B(c2cc(C(C)(C)c3ccccc3)ccc2C)c2c(C)cc(N(c3ccccc3C)c3ccccc3C)cc2C)c1. The van der Waals surface area contributed by atoms with Gasteiger partial charge in [0.15, 0.2) is 0 Å². The summed E-state index contributed by atoms with van der Waals surface area (Å²) in [6, 6.07) is 68.6. The van der Waals surface area contributed by atoms with Gasteiger partial charge in [-0.05, 0) is 134 Å².